The number of nitrogens with zero attached hydrogens (tertiary/aromatic N) is 1. The van der Waals surface area contributed by atoms with Crippen LogP contribution in [-0.4, -0.2) is 99.0 Å². The molecule has 8 nitrogen and oxygen atoms in total. The van der Waals surface area contributed by atoms with Gasteiger partial charge in [-0.3, -0.25) is 4.90 Å². The van der Waals surface area contributed by atoms with Crippen LogP contribution in [0.15, 0.2) is 0 Å². The van der Waals surface area contributed by atoms with Gasteiger partial charge in [-0.15, -0.1) is 11.8 Å². The van der Waals surface area contributed by atoms with E-state index >= 15 is 0 Å². The summed E-state index contributed by atoms with van der Waals surface area (Å²) < 4.78 is 5.54. The summed E-state index contributed by atoms with van der Waals surface area (Å²) >= 11 is 1.59. The fourth-order valence-electron chi connectivity index (χ4n) is 1.99. The highest BCUT2D eigenvalue weighted by Gasteiger charge is 2.32. The molecule has 0 spiro atoms. The van der Waals surface area contributed by atoms with Crippen LogP contribution in [0.4, 0.5) is 0 Å². The molecule has 1 aliphatic heterocycles. The number of thioether (sulfide) groups is 1. The molecule has 0 aromatic carbocycles. The zero-order valence-electron chi connectivity index (χ0n) is 11.9. The van der Waals surface area contributed by atoms with Gasteiger partial charge in [0.25, 0.3) is 0 Å². The zero-order chi connectivity index (χ0) is 15.8. The Bertz CT molecular complexity index is 288. The topological polar surface area (TPSA) is 140 Å². The van der Waals surface area contributed by atoms with E-state index in [0.29, 0.717) is 6.54 Å². The van der Waals surface area contributed by atoms with Crippen LogP contribution >= 0.6 is 11.8 Å². The van der Waals surface area contributed by atoms with Crippen LogP contribution in [0.1, 0.15) is 6.42 Å². The van der Waals surface area contributed by atoms with Crippen LogP contribution in [0.5, 0.6) is 0 Å². The number of nitrogens with two attached hydrogens (primary N) is 1. The van der Waals surface area contributed by atoms with E-state index in [1.807, 2.05) is 0 Å². The van der Waals surface area contributed by atoms with Crippen LogP contribution in [-0.2, 0) is 4.74 Å². The number of hydrogen-bond donors (Lipinski definition) is 6. The predicted molar refractivity (Wildman–Crippen MR) is 78.6 cm³/mol. The highest BCUT2D eigenvalue weighted by molar-refractivity contribution is 7.99. The molecule has 126 valence electrons. The van der Waals surface area contributed by atoms with Gasteiger partial charge in [-0.05, 0) is 13.0 Å². The summed E-state index contributed by atoms with van der Waals surface area (Å²) in [6.45, 7) is 1.41. The van der Waals surface area contributed by atoms with Gasteiger partial charge in [0.05, 0.1) is 13.2 Å². The van der Waals surface area contributed by atoms with Crippen molar-refractivity contribution in [2.75, 3.05) is 38.6 Å². The lowest BCUT2D eigenvalue weighted by molar-refractivity contribution is -0.136. The molecule has 1 fully saturated rings. The lowest BCUT2D eigenvalue weighted by Crippen LogP contribution is -2.48. The minimum absolute atomic E-state index is 0.173. The number of aliphatic hydroxyl groups excluding tert-OH is 5. The van der Waals surface area contributed by atoms with Crippen molar-refractivity contribution in [1.82, 2.24) is 4.90 Å². The SMILES string of the molecule is NCCCN1CCSC1OC[C@@H](O)[C@@H](O)[C@H](O)[C@@H](O)CO. The van der Waals surface area contributed by atoms with Crippen molar-refractivity contribution < 1.29 is 30.3 Å². The Kier molecular flexibility index (Phi) is 9.02. The Hall–Kier alpha value is 0.0300. The second-order valence-electron chi connectivity index (χ2n) is 4.99. The van der Waals surface area contributed by atoms with Gasteiger partial charge in [0.2, 0.25) is 0 Å². The summed E-state index contributed by atoms with van der Waals surface area (Å²) in [5.74, 6) is 0.916. The molecular formula is C12H26N2O6S. The Morgan fingerprint density at radius 1 is 1.19 bits per heavy atom. The molecule has 9 heteroatoms. The first kappa shape index (κ1) is 19.1. The molecule has 0 radical (unpaired) electrons. The molecule has 0 aromatic rings. The second-order valence-corrected chi connectivity index (χ2v) is 6.13. The molecule has 1 aliphatic rings. The molecule has 0 aromatic heterocycles. The molecule has 1 saturated heterocycles. The Balaban J connectivity index is 2.35. The van der Waals surface area contributed by atoms with Gasteiger partial charge < -0.3 is 36.0 Å². The quantitative estimate of drug-likeness (QED) is 0.250. The maximum Gasteiger partial charge on any atom is 0.158 e. The maximum atomic E-state index is 9.78. The zero-order valence-corrected chi connectivity index (χ0v) is 12.7. The van der Waals surface area contributed by atoms with Crippen molar-refractivity contribution in [2.45, 2.75) is 36.4 Å². The smallest absolute Gasteiger partial charge is 0.158 e. The Morgan fingerprint density at radius 2 is 1.86 bits per heavy atom. The van der Waals surface area contributed by atoms with Crippen LogP contribution in [0.2, 0.25) is 0 Å². The number of rotatable bonds is 10. The highest BCUT2D eigenvalue weighted by atomic mass is 32.2. The summed E-state index contributed by atoms with van der Waals surface area (Å²) in [5, 5.41) is 46.9. The van der Waals surface area contributed by atoms with E-state index in [9.17, 15) is 20.4 Å². The monoisotopic (exact) mass is 326 g/mol. The first-order valence-electron chi connectivity index (χ1n) is 7.01. The van der Waals surface area contributed by atoms with E-state index in [1.165, 1.54) is 0 Å². The second kappa shape index (κ2) is 9.93. The molecule has 1 unspecified atom stereocenters. The van der Waals surface area contributed by atoms with Gasteiger partial charge in [-0.2, -0.15) is 0 Å². The Labute approximate surface area is 128 Å². The van der Waals surface area contributed by atoms with Gasteiger partial charge in [-0.1, -0.05) is 0 Å². The summed E-state index contributed by atoms with van der Waals surface area (Å²) in [4.78, 5) is 2.09. The Morgan fingerprint density at radius 3 is 2.48 bits per heavy atom. The highest BCUT2D eigenvalue weighted by Crippen LogP contribution is 2.25. The normalized spacial score (nSPS) is 25.7. The molecule has 0 amide bonds. The maximum absolute atomic E-state index is 9.78. The van der Waals surface area contributed by atoms with Crippen molar-refractivity contribution in [3.63, 3.8) is 0 Å². The van der Waals surface area contributed by atoms with E-state index < -0.39 is 31.0 Å². The molecule has 0 bridgehead atoms. The van der Waals surface area contributed by atoms with Crippen LogP contribution in [0, 0.1) is 0 Å². The lowest BCUT2D eigenvalue weighted by atomic mass is 10.0. The summed E-state index contributed by atoms with van der Waals surface area (Å²) in [5.41, 5.74) is 5.26. The van der Waals surface area contributed by atoms with Crippen LogP contribution in [0.25, 0.3) is 0 Å². The van der Waals surface area contributed by atoms with Crippen LogP contribution in [0.3, 0.4) is 0 Å². The third kappa shape index (κ3) is 5.97. The van der Waals surface area contributed by atoms with Crippen molar-refractivity contribution in [2.24, 2.45) is 5.73 Å². The third-order valence-electron chi connectivity index (χ3n) is 3.32. The van der Waals surface area contributed by atoms with E-state index in [0.717, 1.165) is 25.3 Å². The van der Waals surface area contributed by atoms with Crippen molar-refractivity contribution >= 4 is 11.8 Å². The first-order valence-corrected chi connectivity index (χ1v) is 8.06. The van der Waals surface area contributed by atoms with Gasteiger partial charge in [0.1, 0.15) is 24.4 Å². The molecular weight excluding hydrogens is 300 g/mol. The molecule has 0 saturated carbocycles. The van der Waals surface area contributed by atoms with Gasteiger partial charge >= 0.3 is 0 Å². The van der Waals surface area contributed by atoms with Gasteiger partial charge in [0, 0.05) is 18.8 Å². The molecule has 5 atom stereocenters. The van der Waals surface area contributed by atoms with Gasteiger partial charge in [0.15, 0.2) is 5.56 Å². The van der Waals surface area contributed by atoms with Crippen molar-refractivity contribution in [3.05, 3.63) is 0 Å². The number of ether oxygens (including phenoxy) is 1. The standard InChI is InChI=1S/C12H26N2O6S/c13-2-1-3-14-4-5-21-12(14)20-7-9(17)11(19)10(18)8(16)6-15/h8-12,15-19H,1-7,13H2/t8-,9+,10+,11+,12?/m0/s1. The van der Waals surface area contributed by atoms with E-state index in [-0.39, 0.29) is 12.2 Å². The fourth-order valence-corrected chi connectivity index (χ4v) is 3.13. The third-order valence-corrected chi connectivity index (χ3v) is 4.46. The first-order chi connectivity index (χ1) is 10.0. The van der Waals surface area contributed by atoms with Crippen molar-refractivity contribution in [1.29, 1.82) is 0 Å². The lowest BCUT2D eigenvalue weighted by Gasteiger charge is -2.28. The average Bonchev–Trinajstić information content (AvgIpc) is 2.95. The van der Waals surface area contributed by atoms with Crippen LogP contribution < -0.4 is 5.73 Å². The molecule has 1 rings (SSSR count). The predicted octanol–water partition coefficient (Wildman–Crippen LogP) is -2.88. The number of hydrogen-bond acceptors (Lipinski definition) is 9. The number of aliphatic hydroxyl groups is 5. The summed E-state index contributed by atoms with van der Waals surface area (Å²) in [7, 11) is 0. The van der Waals surface area contributed by atoms with Gasteiger partial charge in [-0.25, -0.2) is 0 Å². The largest absolute Gasteiger partial charge is 0.394 e. The fraction of sp³-hybridized carbons (Fsp3) is 1.00. The summed E-state index contributed by atoms with van der Waals surface area (Å²) in [6.07, 6.45) is -5.21. The van der Waals surface area contributed by atoms with E-state index in [1.54, 1.807) is 11.8 Å². The van der Waals surface area contributed by atoms with Crippen molar-refractivity contribution in [3.8, 4) is 0 Å². The average molecular weight is 326 g/mol. The molecule has 1 heterocycles. The minimum Gasteiger partial charge on any atom is -0.394 e. The minimum atomic E-state index is -1.63. The molecule has 7 N–H and O–H groups in total. The summed E-state index contributed by atoms with van der Waals surface area (Å²) in [6, 6.07) is 0. The molecule has 21 heavy (non-hydrogen) atoms. The molecule has 0 aliphatic carbocycles. The van der Waals surface area contributed by atoms with E-state index in [4.69, 9.17) is 15.6 Å². The van der Waals surface area contributed by atoms with E-state index in [2.05, 4.69) is 4.90 Å².